The first-order valence-corrected chi connectivity index (χ1v) is 10.4. The smallest absolute Gasteiger partial charge is 0.191 e. The molecule has 2 heterocycles. The zero-order valence-corrected chi connectivity index (χ0v) is 17.8. The largest absolute Gasteiger partial charge is 0.379 e. The molecule has 1 saturated heterocycles. The van der Waals surface area contributed by atoms with Gasteiger partial charge in [-0.05, 0) is 44.5 Å². The number of hydrogen-bond acceptors (Lipinski definition) is 4. The molecule has 0 radical (unpaired) electrons. The maximum atomic E-state index is 5.49. The Labute approximate surface area is 174 Å². The predicted octanol–water partition coefficient (Wildman–Crippen LogP) is 2.91. The molecule has 1 aromatic heterocycles. The van der Waals surface area contributed by atoms with Crippen molar-refractivity contribution in [3.05, 3.63) is 54.2 Å². The van der Waals surface area contributed by atoms with Gasteiger partial charge in [-0.25, -0.2) is 4.99 Å². The van der Waals surface area contributed by atoms with Gasteiger partial charge in [-0.3, -0.25) is 9.88 Å². The van der Waals surface area contributed by atoms with E-state index < -0.39 is 0 Å². The second-order valence-corrected chi connectivity index (χ2v) is 7.88. The maximum Gasteiger partial charge on any atom is 0.191 e. The van der Waals surface area contributed by atoms with Crippen LogP contribution in [0.25, 0.3) is 11.3 Å². The highest BCUT2D eigenvalue weighted by Crippen LogP contribution is 2.18. The van der Waals surface area contributed by atoms with Crippen LogP contribution in [-0.2, 0) is 11.3 Å². The summed E-state index contributed by atoms with van der Waals surface area (Å²) in [5, 5.41) is 6.88. The van der Waals surface area contributed by atoms with Gasteiger partial charge >= 0.3 is 0 Å². The van der Waals surface area contributed by atoms with Crippen molar-refractivity contribution in [1.82, 2.24) is 20.5 Å². The van der Waals surface area contributed by atoms with Gasteiger partial charge in [-0.15, -0.1) is 0 Å². The Hall–Kier alpha value is -2.44. The van der Waals surface area contributed by atoms with Crippen molar-refractivity contribution in [3.63, 3.8) is 0 Å². The van der Waals surface area contributed by atoms with Crippen LogP contribution in [0.3, 0.4) is 0 Å². The number of aromatic nitrogens is 1. The molecule has 1 aliphatic rings. The molecule has 0 amide bonds. The van der Waals surface area contributed by atoms with Crippen LogP contribution in [0.2, 0.25) is 0 Å². The molecule has 156 valence electrons. The number of ether oxygens (including phenoxy) is 1. The van der Waals surface area contributed by atoms with Gasteiger partial charge in [-0.1, -0.05) is 24.3 Å². The van der Waals surface area contributed by atoms with E-state index in [0.29, 0.717) is 6.54 Å². The number of benzene rings is 1. The van der Waals surface area contributed by atoms with E-state index in [2.05, 4.69) is 65.6 Å². The van der Waals surface area contributed by atoms with E-state index in [-0.39, 0.29) is 5.54 Å². The van der Waals surface area contributed by atoms with Crippen LogP contribution in [0, 0.1) is 0 Å². The summed E-state index contributed by atoms with van der Waals surface area (Å²) in [7, 11) is 0. The van der Waals surface area contributed by atoms with Gasteiger partial charge in [0.1, 0.15) is 0 Å². The van der Waals surface area contributed by atoms with Crippen molar-refractivity contribution in [2.75, 3.05) is 39.4 Å². The molecular formula is C23H33N5O. The predicted molar refractivity (Wildman–Crippen MR) is 119 cm³/mol. The Kier molecular flexibility index (Phi) is 7.61. The van der Waals surface area contributed by atoms with Gasteiger partial charge in [0.15, 0.2) is 5.96 Å². The highest BCUT2D eigenvalue weighted by Gasteiger charge is 2.28. The number of hydrogen-bond donors (Lipinski definition) is 2. The molecule has 3 rings (SSSR count). The van der Waals surface area contributed by atoms with Gasteiger partial charge < -0.3 is 15.4 Å². The molecule has 0 aliphatic carbocycles. The fourth-order valence-corrected chi connectivity index (χ4v) is 3.46. The Balaban J connectivity index is 1.63. The first-order chi connectivity index (χ1) is 14.1. The number of guanidine groups is 1. The van der Waals surface area contributed by atoms with E-state index in [0.717, 1.165) is 62.2 Å². The van der Waals surface area contributed by atoms with E-state index in [4.69, 9.17) is 9.73 Å². The summed E-state index contributed by atoms with van der Waals surface area (Å²) in [4.78, 5) is 11.7. The number of rotatable bonds is 7. The normalized spacial score (nSPS) is 15.9. The average Bonchev–Trinajstić information content (AvgIpc) is 2.77. The van der Waals surface area contributed by atoms with Crippen LogP contribution in [0.1, 0.15) is 26.3 Å². The number of nitrogens with zero attached hydrogens (tertiary/aromatic N) is 3. The zero-order valence-electron chi connectivity index (χ0n) is 17.8. The Morgan fingerprint density at radius 3 is 2.69 bits per heavy atom. The standard InChI is InChI=1S/C23H33N5O/c1-4-24-22(27-18-23(2,3)28-12-14-29-15-13-28)26-17-19-8-7-9-20(16-19)21-10-5-6-11-25-21/h5-11,16H,4,12-15,17-18H2,1-3H3,(H2,24,26,27). The molecule has 2 N–H and O–H groups in total. The lowest BCUT2D eigenvalue weighted by atomic mass is 10.0. The van der Waals surface area contributed by atoms with Gasteiger partial charge in [0.05, 0.1) is 25.5 Å². The van der Waals surface area contributed by atoms with Crippen molar-refractivity contribution in [2.45, 2.75) is 32.9 Å². The first-order valence-electron chi connectivity index (χ1n) is 10.4. The monoisotopic (exact) mass is 395 g/mol. The molecule has 0 atom stereocenters. The summed E-state index contributed by atoms with van der Waals surface area (Å²) in [5.41, 5.74) is 3.30. The summed E-state index contributed by atoms with van der Waals surface area (Å²) >= 11 is 0. The van der Waals surface area contributed by atoms with Crippen LogP contribution in [0.5, 0.6) is 0 Å². The number of pyridine rings is 1. The van der Waals surface area contributed by atoms with Crippen molar-refractivity contribution in [1.29, 1.82) is 0 Å². The quantitative estimate of drug-likeness (QED) is 0.558. The minimum Gasteiger partial charge on any atom is -0.379 e. The number of nitrogens with one attached hydrogen (secondary N) is 2. The highest BCUT2D eigenvalue weighted by atomic mass is 16.5. The van der Waals surface area contributed by atoms with Crippen molar-refractivity contribution < 1.29 is 4.74 Å². The van der Waals surface area contributed by atoms with Gasteiger partial charge in [0.25, 0.3) is 0 Å². The zero-order chi connectivity index (χ0) is 20.5. The minimum atomic E-state index is 0.0405. The molecule has 0 saturated carbocycles. The van der Waals surface area contributed by atoms with Crippen LogP contribution in [0.4, 0.5) is 0 Å². The van der Waals surface area contributed by atoms with Crippen LogP contribution < -0.4 is 10.6 Å². The summed E-state index contributed by atoms with van der Waals surface area (Å²) < 4.78 is 5.49. The second kappa shape index (κ2) is 10.4. The van der Waals surface area contributed by atoms with Crippen molar-refractivity contribution in [3.8, 4) is 11.3 Å². The van der Waals surface area contributed by atoms with E-state index in [1.807, 2.05) is 24.4 Å². The summed E-state index contributed by atoms with van der Waals surface area (Å²) in [6.07, 6.45) is 1.82. The van der Waals surface area contributed by atoms with E-state index in [9.17, 15) is 0 Å². The highest BCUT2D eigenvalue weighted by molar-refractivity contribution is 5.79. The third-order valence-electron chi connectivity index (χ3n) is 5.21. The average molecular weight is 396 g/mol. The van der Waals surface area contributed by atoms with Crippen molar-refractivity contribution >= 4 is 5.96 Å². The molecule has 6 heteroatoms. The molecule has 1 fully saturated rings. The fraction of sp³-hybridized carbons (Fsp3) is 0.478. The summed E-state index contributed by atoms with van der Waals surface area (Å²) in [6.45, 7) is 12.5. The Bertz CT molecular complexity index is 785. The molecule has 29 heavy (non-hydrogen) atoms. The Morgan fingerprint density at radius 2 is 1.97 bits per heavy atom. The summed E-state index contributed by atoms with van der Waals surface area (Å²) in [6, 6.07) is 14.4. The third kappa shape index (κ3) is 6.27. The van der Waals surface area contributed by atoms with Crippen LogP contribution >= 0.6 is 0 Å². The SMILES string of the molecule is CCNC(=NCc1cccc(-c2ccccn2)c1)NCC(C)(C)N1CCOCC1. The molecule has 0 spiro atoms. The topological polar surface area (TPSA) is 61.8 Å². The molecule has 0 unspecified atom stereocenters. The molecule has 1 aliphatic heterocycles. The second-order valence-electron chi connectivity index (χ2n) is 7.88. The van der Waals surface area contributed by atoms with E-state index in [1.54, 1.807) is 0 Å². The number of aliphatic imine (C=N–C) groups is 1. The maximum absolute atomic E-state index is 5.49. The minimum absolute atomic E-state index is 0.0405. The lowest BCUT2D eigenvalue weighted by Gasteiger charge is -2.41. The van der Waals surface area contributed by atoms with Crippen molar-refractivity contribution in [2.24, 2.45) is 4.99 Å². The molecule has 6 nitrogen and oxygen atoms in total. The van der Waals surface area contributed by atoms with E-state index >= 15 is 0 Å². The van der Waals surface area contributed by atoms with Crippen LogP contribution in [0.15, 0.2) is 53.7 Å². The number of morpholine rings is 1. The molecule has 0 bridgehead atoms. The molecule has 1 aromatic carbocycles. The molecule has 2 aromatic rings. The molecular weight excluding hydrogens is 362 g/mol. The Morgan fingerprint density at radius 1 is 1.14 bits per heavy atom. The first kappa shape index (κ1) is 21.3. The van der Waals surface area contributed by atoms with Crippen LogP contribution in [-0.4, -0.2) is 60.8 Å². The van der Waals surface area contributed by atoms with Gasteiger partial charge in [0.2, 0.25) is 0 Å². The lowest BCUT2D eigenvalue weighted by molar-refractivity contribution is -0.00834. The van der Waals surface area contributed by atoms with E-state index in [1.165, 1.54) is 0 Å². The summed E-state index contributed by atoms with van der Waals surface area (Å²) in [5.74, 6) is 0.845. The van der Waals surface area contributed by atoms with Gasteiger partial charge in [-0.2, -0.15) is 0 Å². The third-order valence-corrected chi connectivity index (χ3v) is 5.21. The van der Waals surface area contributed by atoms with Gasteiger partial charge in [0, 0.05) is 43.5 Å². The lowest BCUT2D eigenvalue weighted by Crippen LogP contribution is -2.56. The fourth-order valence-electron chi connectivity index (χ4n) is 3.46.